The van der Waals surface area contributed by atoms with Crippen LogP contribution in [0.25, 0.3) is 22.5 Å². The lowest BCUT2D eigenvalue weighted by molar-refractivity contribution is -0.142. The van der Waals surface area contributed by atoms with Crippen LogP contribution in [0.1, 0.15) is 111 Å². The van der Waals surface area contributed by atoms with Gasteiger partial charge in [-0.15, -0.1) is 0 Å². The van der Waals surface area contributed by atoms with Crippen LogP contribution in [0.2, 0.25) is 0 Å². The molecule has 0 saturated carbocycles. The summed E-state index contributed by atoms with van der Waals surface area (Å²) in [7, 11) is 0. The van der Waals surface area contributed by atoms with E-state index >= 15 is 0 Å². The van der Waals surface area contributed by atoms with Crippen LogP contribution in [0.5, 0.6) is 5.75 Å². The molecule has 2 atom stereocenters. The van der Waals surface area contributed by atoms with Crippen molar-refractivity contribution < 1.29 is 24.2 Å². The molecule has 0 spiro atoms. The number of aromatic amines is 1. The molecule has 5 aromatic rings. The zero-order valence-corrected chi connectivity index (χ0v) is 32.8. The predicted octanol–water partition coefficient (Wildman–Crippen LogP) is 9.17. The molecule has 0 radical (unpaired) electrons. The van der Waals surface area contributed by atoms with Crippen molar-refractivity contribution in [3.8, 4) is 28.3 Å². The van der Waals surface area contributed by atoms with E-state index in [9.17, 15) is 19.5 Å². The minimum absolute atomic E-state index is 0.0762. The molecule has 0 aliphatic heterocycles. The number of carbonyl (C=O) groups is 3. The molecule has 0 aliphatic carbocycles. The molecule has 10 nitrogen and oxygen atoms in total. The summed E-state index contributed by atoms with van der Waals surface area (Å²) >= 11 is 0. The number of nitrogens with one attached hydrogen (secondary N) is 2. The molecule has 3 aromatic carbocycles. The Morgan fingerprint density at radius 3 is 2.04 bits per heavy atom. The van der Waals surface area contributed by atoms with Crippen molar-refractivity contribution in [2.45, 2.75) is 97.9 Å². The lowest BCUT2D eigenvalue weighted by Gasteiger charge is -2.21. The molecule has 1 amide bonds. The Labute approximate surface area is 324 Å². The second kappa shape index (κ2) is 18.6. The van der Waals surface area contributed by atoms with Gasteiger partial charge in [0.1, 0.15) is 5.75 Å². The molecule has 0 bridgehead atoms. The maximum Gasteiger partial charge on any atom is 0.331 e. The summed E-state index contributed by atoms with van der Waals surface area (Å²) in [4.78, 5) is 49.1. The summed E-state index contributed by atoms with van der Waals surface area (Å²) < 4.78 is 5.91. The van der Waals surface area contributed by atoms with Crippen molar-refractivity contribution in [3.05, 3.63) is 119 Å². The van der Waals surface area contributed by atoms with Crippen molar-refractivity contribution in [2.75, 3.05) is 6.61 Å². The quantitative estimate of drug-likeness (QED) is 0.0595. The molecule has 55 heavy (non-hydrogen) atoms. The number of unbranched alkanes of at least 4 members (excludes halogenated alkanes) is 4. The standard InChI is InChI=1S/C45H53N5O5/c1-7-8-9-10-11-24-55-38-22-18-32(19-23-38)36-27-46-42(47-28-36)34-14-12-31(13-15-34)25-35(26-39(51)33-16-20-37(21-17-33)45(4,5)6)43(52)48-41(44(53)54)40-29(2)49-50-30(40)3/h12-23,27-28,35,41H,7-11,24-26H2,1-6H3,(H,48,52)(H,49,50)(H,53,54)/t35-,41?/m1/s1. The molecule has 288 valence electrons. The number of benzene rings is 3. The van der Waals surface area contributed by atoms with E-state index in [1.54, 1.807) is 38.4 Å². The number of H-pyrrole nitrogens is 1. The van der Waals surface area contributed by atoms with Gasteiger partial charge in [-0.25, -0.2) is 14.8 Å². The van der Waals surface area contributed by atoms with Gasteiger partial charge in [-0.05, 0) is 60.9 Å². The Bertz CT molecular complexity index is 2010. The van der Waals surface area contributed by atoms with E-state index in [0.717, 1.165) is 40.0 Å². The van der Waals surface area contributed by atoms with Crippen molar-refractivity contribution in [1.82, 2.24) is 25.5 Å². The molecule has 5 rings (SSSR count). The largest absolute Gasteiger partial charge is 0.494 e. The number of hydrogen-bond donors (Lipinski definition) is 3. The average molecular weight is 744 g/mol. The number of ketones is 1. The molecule has 0 fully saturated rings. The number of aliphatic carboxylic acids is 1. The summed E-state index contributed by atoms with van der Waals surface area (Å²) in [6, 6.07) is 21.6. The Balaban J connectivity index is 1.28. The van der Waals surface area contributed by atoms with Crippen LogP contribution in [0.3, 0.4) is 0 Å². The summed E-state index contributed by atoms with van der Waals surface area (Å²) in [5, 5.41) is 19.7. The molecular weight excluding hydrogens is 691 g/mol. The van der Waals surface area contributed by atoms with E-state index < -0.39 is 23.8 Å². The summed E-state index contributed by atoms with van der Waals surface area (Å²) in [6.45, 7) is 12.6. The average Bonchev–Trinajstić information content (AvgIpc) is 3.51. The van der Waals surface area contributed by atoms with E-state index in [1.807, 2.05) is 60.7 Å². The Morgan fingerprint density at radius 1 is 0.818 bits per heavy atom. The third kappa shape index (κ3) is 11.0. The zero-order chi connectivity index (χ0) is 39.5. The monoisotopic (exact) mass is 743 g/mol. The van der Waals surface area contributed by atoms with E-state index in [2.05, 4.69) is 53.2 Å². The minimum Gasteiger partial charge on any atom is -0.494 e. The third-order valence-electron chi connectivity index (χ3n) is 9.93. The number of aryl methyl sites for hydroxylation is 2. The van der Waals surface area contributed by atoms with Gasteiger partial charge in [-0.1, -0.05) is 114 Å². The van der Waals surface area contributed by atoms with Crippen LogP contribution in [0, 0.1) is 19.8 Å². The van der Waals surface area contributed by atoms with Gasteiger partial charge in [-0.2, -0.15) is 5.10 Å². The summed E-state index contributed by atoms with van der Waals surface area (Å²) in [5.74, 6) is -1.38. The van der Waals surface area contributed by atoms with Gasteiger partial charge in [0.05, 0.1) is 12.3 Å². The smallest absolute Gasteiger partial charge is 0.331 e. The lowest BCUT2D eigenvalue weighted by atomic mass is 9.85. The van der Waals surface area contributed by atoms with Crippen molar-refractivity contribution in [1.29, 1.82) is 0 Å². The summed E-state index contributed by atoms with van der Waals surface area (Å²) in [5.41, 5.74) is 6.42. The fraction of sp³-hybridized carbons (Fsp3) is 0.378. The first kappa shape index (κ1) is 40.5. The number of rotatable bonds is 18. The zero-order valence-electron chi connectivity index (χ0n) is 32.8. The minimum atomic E-state index is -1.33. The first-order chi connectivity index (χ1) is 26.3. The number of amides is 1. The number of Topliss-reactive ketones (excluding diaryl/α,β-unsaturated/α-hetero) is 1. The van der Waals surface area contributed by atoms with E-state index in [4.69, 9.17) is 4.74 Å². The van der Waals surface area contributed by atoms with Gasteiger partial charge < -0.3 is 15.2 Å². The highest BCUT2D eigenvalue weighted by Gasteiger charge is 2.31. The van der Waals surface area contributed by atoms with Crippen LogP contribution in [0.15, 0.2) is 85.2 Å². The summed E-state index contributed by atoms with van der Waals surface area (Å²) in [6.07, 6.45) is 9.69. The van der Waals surface area contributed by atoms with Gasteiger partial charge in [-0.3, -0.25) is 14.7 Å². The highest BCUT2D eigenvalue weighted by atomic mass is 16.5. The Hall–Kier alpha value is -5.64. The first-order valence-corrected chi connectivity index (χ1v) is 19.2. The van der Waals surface area contributed by atoms with Crippen molar-refractivity contribution in [2.24, 2.45) is 5.92 Å². The molecule has 2 aromatic heterocycles. The van der Waals surface area contributed by atoms with Crippen LogP contribution in [-0.4, -0.2) is 49.5 Å². The number of carbonyl (C=O) groups excluding carboxylic acids is 2. The highest BCUT2D eigenvalue weighted by molar-refractivity contribution is 5.99. The topological polar surface area (TPSA) is 147 Å². The molecule has 0 aliphatic rings. The van der Waals surface area contributed by atoms with Crippen LogP contribution in [0.4, 0.5) is 0 Å². The SMILES string of the molecule is CCCCCCCOc1ccc(-c2cnc(-c3ccc(C[C@H](CC(=O)c4ccc(C(C)(C)C)cc4)C(=O)NC(C(=O)O)c4c(C)n[nH]c4C)cc3)nc2)cc1. The molecule has 0 saturated heterocycles. The van der Waals surface area contributed by atoms with Gasteiger partial charge in [0, 0.05) is 52.7 Å². The van der Waals surface area contributed by atoms with E-state index in [1.165, 1.54) is 25.7 Å². The lowest BCUT2D eigenvalue weighted by Crippen LogP contribution is -2.39. The molecular formula is C45H53N5O5. The van der Waals surface area contributed by atoms with Crippen molar-refractivity contribution >= 4 is 17.7 Å². The Morgan fingerprint density at radius 2 is 1.45 bits per heavy atom. The highest BCUT2D eigenvalue weighted by Crippen LogP contribution is 2.27. The number of nitrogens with zero attached hydrogens (tertiary/aromatic N) is 3. The number of aromatic nitrogens is 4. The third-order valence-corrected chi connectivity index (χ3v) is 9.93. The number of carboxylic acids is 1. The molecule has 2 heterocycles. The van der Waals surface area contributed by atoms with E-state index in [-0.39, 0.29) is 24.0 Å². The first-order valence-electron chi connectivity index (χ1n) is 19.2. The van der Waals surface area contributed by atoms with Gasteiger partial charge in [0.2, 0.25) is 5.91 Å². The van der Waals surface area contributed by atoms with Crippen LogP contribution >= 0.6 is 0 Å². The maximum atomic E-state index is 13.9. The second-order valence-corrected chi connectivity index (χ2v) is 15.3. The second-order valence-electron chi connectivity index (χ2n) is 15.3. The molecule has 1 unspecified atom stereocenters. The fourth-order valence-electron chi connectivity index (χ4n) is 6.60. The maximum absolute atomic E-state index is 13.9. The number of ether oxygens (including phenoxy) is 1. The fourth-order valence-corrected chi connectivity index (χ4v) is 6.60. The Kier molecular flexibility index (Phi) is 13.7. The number of hydrogen-bond acceptors (Lipinski definition) is 7. The van der Waals surface area contributed by atoms with Gasteiger partial charge in [0.15, 0.2) is 17.6 Å². The van der Waals surface area contributed by atoms with Crippen LogP contribution < -0.4 is 10.1 Å². The number of carboxylic acid groups (broad SMARTS) is 1. The molecule has 3 N–H and O–H groups in total. The molecule has 10 heteroatoms. The van der Waals surface area contributed by atoms with Gasteiger partial charge in [0.25, 0.3) is 0 Å². The normalized spacial score (nSPS) is 12.5. The van der Waals surface area contributed by atoms with Crippen LogP contribution in [-0.2, 0) is 21.4 Å². The van der Waals surface area contributed by atoms with E-state index in [0.29, 0.717) is 34.9 Å². The predicted molar refractivity (Wildman–Crippen MR) is 215 cm³/mol. The van der Waals surface area contributed by atoms with Crippen molar-refractivity contribution in [3.63, 3.8) is 0 Å². The van der Waals surface area contributed by atoms with Gasteiger partial charge >= 0.3 is 5.97 Å².